The van der Waals surface area contributed by atoms with Crippen LogP contribution in [-0.2, 0) is 0 Å². The molecule has 5 heteroatoms. The fraction of sp³-hybridized carbons (Fsp3) is 0.286. The highest BCUT2D eigenvalue weighted by molar-refractivity contribution is 5.66. The van der Waals surface area contributed by atoms with Crippen LogP contribution in [0.5, 0.6) is 0 Å². The van der Waals surface area contributed by atoms with Crippen LogP contribution in [0.4, 0.5) is 21.7 Å². The molecule has 19 heavy (non-hydrogen) atoms. The van der Waals surface area contributed by atoms with E-state index in [2.05, 4.69) is 20.6 Å². The Balaban J connectivity index is 2.36. The molecule has 1 heterocycles. The summed E-state index contributed by atoms with van der Waals surface area (Å²) in [5.74, 6) is 1.08. The minimum absolute atomic E-state index is 0.289. The topological polar surface area (TPSA) is 49.8 Å². The van der Waals surface area contributed by atoms with E-state index < -0.39 is 0 Å². The van der Waals surface area contributed by atoms with E-state index in [1.54, 1.807) is 6.07 Å². The van der Waals surface area contributed by atoms with Gasteiger partial charge in [0.1, 0.15) is 23.8 Å². The number of aryl methyl sites for hydroxylation is 1. The van der Waals surface area contributed by atoms with E-state index in [-0.39, 0.29) is 5.82 Å². The van der Waals surface area contributed by atoms with Crippen molar-refractivity contribution in [3.8, 4) is 0 Å². The van der Waals surface area contributed by atoms with E-state index in [9.17, 15) is 4.39 Å². The number of para-hydroxylation sites is 1. The minimum atomic E-state index is -0.289. The van der Waals surface area contributed by atoms with Gasteiger partial charge in [0.2, 0.25) is 0 Å². The van der Waals surface area contributed by atoms with Crippen LogP contribution in [-0.4, -0.2) is 16.5 Å². The smallest absolute Gasteiger partial charge is 0.146 e. The predicted molar refractivity (Wildman–Crippen MR) is 75.4 cm³/mol. The lowest BCUT2D eigenvalue weighted by molar-refractivity contribution is 0.630. The van der Waals surface area contributed by atoms with Crippen LogP contribution in [0.2, 0.25) is 0 Å². The van der Waals surface area contributed by atoms with Crippen molar-refractivity contribution in [2.45, 2.75) is 20.8 Å². The molecule has 1 aromatic carbocycles. The van der Waals surface area contributed by atoms with Gasteiger partial charge >= 0.3 is 0 Å². The summed E-state index contributed by atoms with van der Waals surface area (Å²) in [6.07, 6.45) is 1.46. The van der Waals surface area contributed by atoms with Crippen LogP contribution in [0, 0.1) is 19.7 Å². The number of anilines is 3. The average Bonchev–Trinajstić information content (AvgIpc) is 2.38. The van der Waals surface area contributed by atoms with Crippen LogP contribution in [0.3, 0.4) is 0 Å². The molecule has 0 atom stereocenters. The first-order valence-electron chi connectivity index (χ1n) is 6.21. The Hall–Kier alpha value is -2.17. The SMILES string of the molecule is CCNc1ncnc(Nc2c(C)cccc2F)c1C. The maximum absolute atomic E-state index is 13.8. The second kappa shape index (κ2) is 5.65. The third-order valence-electron chi connectivity index (χ3n) is 2.89. The number of halogens is 1. The van der Waals surface area contributed by atoms with Gasteiger partial charge in [-0.25, -0.2) is 14.4 Å². The Labute approximate surface area is 112 Å². The molecular weight excluding hydrogens is 243 g/mol. The Kier molecular flexibility index (Phi) is 3.94. The van der Waals surface area contributed by atoms with Gasteiger partial charge in [0.25, 0.3) is 0 Å². The molecule has 0 saturated heterocycles. The minimum Gasteiger partial charge on any atom is -0.370 e. The maximum Gasteiger partial charge on any atom is 0.146 e. The van der Waals surface area contributed by atoms with Crippen molar-refractivity contribution >= 4 is 17.3 Å². The zero-order chi connectivity index (χ0) is 13.8. The number of nitrogens with zero attached hydrogens (tertiary/aromatic N) is 2. The van der Waals surface area contributed by atoms with Gasteiger partial charge in [-0.2, -0.15) is 0 Å². The summed E-state index contributed by atoms with van der Waals surface area (Å²) in [5.41, 5.74) is 2.15. The lowest BCUT2D eigenvalue weighted by atomic mass is 10.2. The molecule has 0 fully saturated rings. The van der Waals surface area contributed by atoms with E-state index in [4.69, 9.17) is 0 Å². The van der Waals surface area contributed by atoms with Crippen LogP contribution >= 0.6 is 0 Å². The molecule has 2 N–H and O–H groups in total. The van der Waals surface area contributed by atoms with Crippen molar-refractivity contribution in [2.75, 3.05) is 17.2 Å². The van der Waals surface area contributed by atoms with Crippen molar-refractivity contribution in [1.29, 1.82) is 0 Å². The van der Waals surface area contributed by atoms with E-state index >= 15 is 0 Å². The average molecular weight is 260 g/mol. The number of rotatable bonds is 4. The normalized spacial score (nSPS) is 10.3. The summed E-state index contributed by atoms with van der Waals surface area (Å²) in [6.45, 7) is 6.52. The van der Waals surface area contributed by atoms with Gasteiger partial charge in [-0.1, -0.05) is 12.1 Å². The van der Waals surface area contributed by atoms with Crippen LogP contribution in [0.1, 0.15) is 18.1 Å². The molecule has 0 aliphatic carbocycles. The van der Waals surface area contributed by atoms with Crippen LogP contribution in [0.15, 0.2) is 24.5 Å². The zero-order valence-electron chi connectivity index (χ0n) is 11.3. The molecule has 0 aliphatic heterocycles. The highest BCUT2D eigenvalue weighted by atomic mass is 19.1. The monoisotopic (exact) mass is 260 g/mol. The Morgan fingerprint density at radius 1 is 1.16 bits per heavy atom. The van der Waals surface area contributed by atoms with Gasteiger partial charge in [-0.05, 0) is 32.4 Å². The fourth-order valence-corrected chi connectivity index (χ4v) is 1.83. The van der Waals surface area contributed by atoms with Crippen molar-refractivity contribution < 1.29 is 4.39 Å². The van der Waals surface area contributed by atoms with Crippen molar-refractivity contribution in [3.63, 3.8) is 0 Å². The summed E-state index contributed by atoms with van der Waals surface area (Å²) in [6, 6.07) is 4.97. The summed E-state index contributed by atoms with van der Waals surface area (Å²) >= 11 is 0. The number of benzene rings is 1. The third kappa shape index (κ3) is 2.81. The molecule has 4 nitrogen and oxygen atoms in total. The van der Waals surface area contributed by atoms with Gasteiger partial charge in [0.15, 0.2) is 0 Å². The molecule has 2 aromatic rings. The first kappa shape index (κ1) is 13.3. The summed E-state index contributed by atoms with van der Waals surface area (Å²) in [7, 11) is 0. The summed E-state index contributed by atoms with van der Waals surface area (Å²) < 4.78 is 13.8. The van der Waals surface area contributed by atoms with E-state index in [0.717, 1.165) is 23.5 Å². The quantitative estimate of drug-likeness (QED) is 0.884. The Bertz CT molecular complexity index is 563. The Morgan fingerprint density at radius 3 is 2.58 bits per heavy atom. The molecule has 0 aliphatic rings. The highest BCUT2D eigenvalue weighted by Crippen LogP contribution is 2.26. The molecular formula is C14H17FN4. The second-order valence-corrected chi connectivity index (χ2v) is 4.28. The lowest BCUT2D eigenvalue weighted by Gasteiger charge is -2.14. The van der Waals surface area contributed by atoms with Crippen LogP contribution < -0.4 is 10.6 Å². The summed E-state index contributed by atoms with van der Waals surface area (Å²) in [4.78, 5) is 8.33. The van der Waals surface area contributed by atoms with Crippen molar-refractivity contribution in [2.24, 2.45) is 0 Å². The standard InChI is InChI=1S/C14H17FN4/c1-4-16-13-10(3)14(18-8-17-13)19-12-9(2)6-5-7-11(12)15/h5-8H,4H2,1-3H3,(H2,16,17,18,19). The van der Waals surface area contributed by atoms with Gasteiger partial charge in [0.05, 0.1) is 5.69 Å². The van der Waals surface area contributed by atoms with Crippen LogP contribution in [0.25, 0.3) is 0 Å². The van der Waals surface area contributed by atoms with E-state index in [1.807, 2.05) is 26.8 Å². The molecule has 0 radical (unpaired) electrons. The van der Waals surface area contributed by atoms with E-state index in [0.29, 0.717) is 11.5 Å². The predicted octanol–water partition coefficient (Wildman–Crippen LogP) is 3.41. The third-order valence-corrected chi connectivity index (χ3v) is 2.89. The molecule has 2 rings (SSSR count). The van der Waals surface area contributed by atoms with Gasteiger partial charge < -0.3 is 10.6 Å². The number of aromatic nitrogens is 2. The fourth-order valence-electron chi connectivity index (χ4n) is 1.83. The first-order chi connectivity index (χ1) is 9.13. The largest absolute Gasteiger partial charge is 0.370 e. The molecule has 0 unspecified atom stereocenters. The van der Waals surface area contributed by atoms with Gasteiger partial charge in [-0.15, -0.1) is 0 Å². The number of hydrogen-bond acceptors (Lipinski definition) is 4. The maximum atomic E-state index is 13.8. The molecule has 0 saturated carbocycles. The highest BCUT2D eigenvalue weighted by Gasteiger charge is 2.10. The Morgan fingerprint density at radius 2 is 1.89 bits per heavy atom. The number of hydrogen-bond donors (Lipinski definition) is 2. The van der Waals surface area contributed by atoms with Gasteiger partial charge in [-0.3, -0.25) is 0 Å². The van der Waals surface area contributed by atoms with Gasteiger partial charge in [0, 0.05) is 12.1 Å². The van der Waals surface area contributed by atoms with E-state index in [1.165, 1.54) is 12.4 Å². The molecule has 0 bridgehead atoms. The van der Waals surface area contributed by atoms with Crippen molar-refractivity contribution in [1.82, 2.24) is 9.97 Å². The molecule has 100 valence electrons. The summed E-state index contributed by atoms with van der Waals surface area (Å²) in [5, 5.41) is 6.19. The molecule has 1 aromatic heterocycles. The van der Waals surface area contributed by atoms with Crippen molar-refractivity contribution in [3.05, 3.63) is 41.5 Å². The first-order valence-corrected chi connectivity index (χ1v) is 6.21. The second-order valence-electron chi connectivity index (χ2n) is 4.28. The molecule has 0 spiro atoms. The molecule has 0 amide bonds. The number of nitrogens with one attached hydrogen (secondary N) is 2. The lowest BCUT2D eigenvalue weighted by Crippen LogP contribution is -2.06. The zero-order valence-corrected chi connectivity index (χ0v) is 11.3.